The van der Waals surface area contributed by atoms with E-state index in [2.05, 4.69) is 15.5 Å². The molecule has 0 atom stereocenters. The van der Waals surface area contributed by atoms with Crippen LogP contribution in [0.3, 0.4) is 0 Å². The van der Waals surface area contributed by atoms with E-state index in [1.165, 1.54) is 6.07 Å². The zero-order valence-corrected chi connectivity index (χ0v) is 10.8. The van der Waals surface area contributed by atoms with E-state index in [1.54, 1.807) is 13.8 Å². The van der Waals surface area contributed by atoms with Crippen LogP contribution in [0.4, 0.5) is 10.1 Å². The molecule has 0 aliphatic heterocycles. The quantitative estimate of drug-likeness (QED) is 0.800. The number of carbonyl (C=O) groups excluding carboxylic acids is 1. The minimum Gasteiger partial charge on any atom is -0.478 e. The Kier molecular flexibility index (Phi) is 3.51. The average molecular weight is 277 g/mol. The van der Waals surface area contributed by atoms with Crippen LogP contribution in [-0.2, 0) is 0 Å². The lowest BCUT2D eigenvalue weighted by Gasteiger charge is -2.08. The summed E-state index contributed by atoms with van der Waals surface area (Å²) in [6, 6.07) is 3.14. The zero-order chi connectivity index (χ0) is 14.9. The lowest BCUT2D eigenvalue weighted by molar-refractivity contribution is 0.0697. The third-order valence-corrected chi connectivity index (χ3v) is 2.82. The van der Waals surface area contributed by atoms with Crippen molar-refractivity contribution in [3.05, 3.63) is 46.5 Å². The second-order valence-electron chi connectivity index (χ2n) is 4.26. The fourth-order valence-corrected chi connectivity index (χ4v) is 1.87. The van der Waals surface area contributed by atoms with Gasteiger partial charge in [0.2, 0.25) is 0 Å². The highest BCUT2D eigenvalue weighted by Gasteiger charge is 2.18. The van der Waals surface area contributed by atoms with E-state index in [9.17, 15) is 14.0 Å². The normalized spacial score (nSPS) is 10.3. The Balaban J connectivity index is 2.36. The molecular weight excluding hydrogens is 265 g/mol. The van der Waals surface area contributed by atoms with Gasteiger partial charge in [0.15, 0.2) is 0 Å². The van der Waals surface area contributed by atoms with E-state index in [-0.39, 0.29) is 11.3 Å². The van der Waals surface area contributed by atoms with Crippen LogP contribution in [0.2, 0.25) is 0 Å². The standard InChI is InChI=1S/C13H12FN3O3/c1-6-11(7(2)17-16-6)12(18)15-10-4-3-8(14)5-9(10)13(19)20/h3-5H,1-2H3,(H,15,18)(H,16,17)(H,19,20). The Morgan fingerprint density at radius 2 is 2.05 bits per heavy atom. The van der Waals surface area contributed by atoms with Crippen LogP contribution in [0, 0.1) is 19.7 Å². The van der Waals surface area contributed by atoms with Crippen LogP contribution in [0.1, 0.15) is 32.1 Å². The van der Waals surface area contributed by atoms with Gasteiger partial charge in [0.1, 0.15) is 5.82 Å². The number of aromatic amines is 1. The first kappa shape index (κ1) is 13.7. The largest absolute Gasteiger partial charge is 0.478 e. The monoisotopic (exact) mass is 277 g/mol. The number of carboxylic acids is 1. The number of aromatic carboxylic acids is 1. The molecular formula is C13H12FN3O3. The Bertz CT molecular complexity index is 675. The number of benzene rings is 1. The van der Waals surface area contributed by atoms with Crippen molar-refractivity contribution >= 4 is 17.6 Å². The summed E-state index contributed by atoms with van der Waals surface area (Å²) in [6.45, 7) is 3.33. The molecule has 104 valence electrons. The van der Waals surface area contributed by atoms with Gasteiger partial charge < -0.3 is 10.4 Å². The van der Waals surface area contributed by atoms with Crippen molar-refractivity contribution in [1.29, 1.82) is 0 Å². The predicted molar refractivity (Wildman–Crippen MR) is 69.4 cm³/mol. The van der Waals surface area contributed by atoms with Crippen LogP contribution in [0.5, 0.6) is 0 Å². The average Bonchev–Trinajstić information content (AvgIpc) is 2.71. The van der Waals surface area contributed by atoms with Crippen LogP contribution in [0.15, 0.2) is 18.2 Å². The number of hydrogen-bond donors (Lipinski definition) is 3. The summed E-state index contributed by atoms with van der Waals surface area (Å²) in [5.41, 5.74) is 1.13. The lowest BCUT2D eigenvalue weighted by Crippen LogP contribution is -2.16. The zero-order valence-electron chi connectivity index (χ0n) is 10.8. The SMILES string of the molecule is Cc1n[nH]c(C)c1C(=O)Nc1ccc(F)cc1C(=O)O. The molecule has 0 fully saturated rings. The minimum atomic E-state index is -1.32. The predicted octanol–water partition coefficient (Wildman–Crippen LogP) is 2.12. The molecule has 0 unspecified atom stereocenters. The summed E-state index contributed by atoms with van der Waals surface area (Å²) >= 11 is 0. The van der Waals surface area contributed by atoms with E-state index in [0.29, 0.717) is 17.0 Å². The number of aromatic nitrogens is 2. The van der Waals surface area contributed by atoms with E-state index >= 15 is 0 Å². The number of nitrogens with zero attached hydrogens (tertiary/aromatic N) is 1. The summed E-state index contributed by atoms with van der Waals surface area (Å²) in [7, 11) is 0. The number of H-pyrrole nitrogens is 1. The molecule has 3 N–H and O–H groups in total. The third-order valence-electron chi connectivity index (χ3n) is 2.82. The first-order valence-electron chi connectivity index (χ1n) is 5.76. The molecule has 2 rings (SSSR count). The van der Waals surface area contributed by atoms with Crippen molar-refractivity contribution in [1.82, 2.24) is 10.2 Å². The molecule has 20 heavy (non-hydrogen) atoms. The van der Waals surface area contributed by atoms with E-state index < -0.39 is 17.7 Å². The van der Waals surface area contributed by atoms with Crippen LogP contribution >= 0.6 is 0 Å². The van der Waals surface area contributed by atoms with Crippen molar-refractivity contribution in [2.75, 3.05) is 5.32 Å². The molecule has 0 radical (unpaired) electrons. The Morgan fingerprint density at radius 3 is 2.60 bits per heavy atom. The number of aryl methyl sites for hydroxylation is 2. The van der Waals surface area contributed by atoms with E-state index in [1.807, 2.05) is 0 Å². The molecule has 2 aromatic rings. The fourth-order valence-electron chi connectivity index (χ4n) is 1.87. The maximum absolute atomic E-state index is 13.1. The lowest BCUT2D eigenvalue weighted by atomic mass is 10.1. The van der Waals surface area contributed by atoms with Gasteiger partial charge in [-0.2, -0.15) is 5.10 Å². The Morgan fingerprint density at radius 1 is 1.35 bits per heavy atom. The summed E-state index contributed by atoms with van der Waals surface area (Å²) < 4.78 is 13.1. The van der Waals surface area contributed by atoms with E-state index in [0.717, 1.165) is 12.1 Å². The number of nitrogens with one attached hydrogen (secondary N) is 2. The molecule has 1 amide bonds. The van der Waals surface area contributed by atoms with Gasteiger partial charge in [-0.15, -0.1) is 0 Å². The molecule has 1 aromatic heterocycles. The first-order valence-corrected chi connectivity index (χ1v) is 5.76. The van der Waals surface area contributed by atoms with Crippen LogP contribution in [-0.4, -0.2) is 27.2 Å². The second-order valence-corrected chi connectivity index (χ2v) is 4.26. The molecule has 0 saturated heterocycles. The highest BCUT2D eigenvalue weighted by Crippen LogP contribution is 2.19. The van der Waals surface area contributed by atoms with Gasteiger partial charge in [0, 0.05) is 5.69 Å². The Hall–Kier alpha value is -2.70. The summed E-state index contributed by atoms with van der Waals surface area (Å²) in [5.74, 6) is -2.50. The second kappa shape index (κ2) is 5.12. The van der Waals surface area contributed by atoms with Gasteiger partial charge in [0.25, 0.3) is 5.91 Å². The van der Waals surface area contributed by atoms with Crippen molar-refractivity contribution in [3.8, 4) is 0 Å². The number of carbonyl (C=O) groups is 2. The highest BCUT2D eigenvalue weighted by molar-refractivity contribution is 6.08. The summed E-state index contributed by atoms with van der Waals surface area (Å²) in [4.78, 5) is 23.2. The van der Waals surface area contributed by atoms with Gasteiger partial charge in [-0.3, -0.25) is 9.89 Å². The van der Waals surface area contributed by atoms with Crippen molar-refractivity contribution < 1.29 is 19.1 Å². The number of carboxylic acid groups (broad SMARTS) is 1. The van der Waals surface area contributed by atoms with Gasteiger partial charge in [-0.05, 0) is 32.0 Å². The molecule has 0 aliphatic rings. The molecule has 0 bridgehead atoms. The van der Waals surface area contributed by atoms with Gasteiger partial charge in [-0.1, -0.05) is 0 Å². The maximum Gasteiger partial charge on any atom is 0.337 e. The topological polar surface area (TPSA) is 95.1 Å². The number of rotatable bonds is 3. The van der Waals surface area contributed by atoms with Gasteiger partial charge in [-0.25, -0.2) is 9.18 Å². The fraction of sp³-hybridized carbons (Fsp3) is 0.154. The molecule has 0 spiro atoms. The van der Waals surface area contributed by atoms with E-state index in [4.69, 9.17) is 5.11 Å². The smallest absolute Gasteiger partial charge is 0.337 e. The van der Waals surface area contributed by atoms with Crippen LogP contribution < -0.4 is 5.32 Å². The first-order chi connectivity index (χ1) is 9.40. The molecule has 1 aromatic carbocycles. The molecule has 0 saturated carbocycles. The molecule has 1 heterocycles. The Labute approximate surface area is 113 Å². The highest BCUT2D eigenvalue weighted by atomic mass is 19.1. The minimum absolute atomic E-state index is 0.0314. The van der Waals surface area contributed by atoms with Gasteiger partial charge in [0.05, 0.1) is 22.5 Å². The number of halogens is 1. The van der Waals surface area contributed by atoms with Crippen molar-refractivity contribution in [2.45, 2.75) is 13.8 Å². The number of amides is 1. The maximum atomic E-state index is 13.1. The summed E-state index contributed by atoms with van der Waals surface area (Å²) in [6.07, 6.45) is 0. The molecule has 7 heteroatoms. The molecule has 0 aliphatic carbocycles. The molecule has 6 nitrogen and oxygen atoms in total. The number of hydrogen-bond acceptors (Lipinski definition) is 3. The van der Waals surface area contributed by atoms with Gasteiger partial charge >= 0.3 is 5.97 Å². The van der Waals surface area contributed by atoms with Crippen molar-refractivity contribution in [3.63, 3.8) is 0 Å². The van der Waals surface area contributed by atoms with Crippen LogP contribution in [0.25, 0.3) is 0 Å². The summed E-state index contributed by atoms with van der Waals surface area (Å²) in [5, 5.41) is 18.0. The number of anilines is 1. The third kappa shape index (κ3) is 2.51. The van der Waals surface area contributed by atoms with Crippen molar-refractivity contribution in [2.24, 2.45) is 0 Å².